The largest absolute Gasteiger partial charge is 0.407 e. The van der Waals surface area contributed by atoms with Gasteiger partial charge in [-0.3, -0.25) is 13.9 Å². The molecule has 1 saturated carbocycles. The number of rotatable bonds is 5. The Labute approximate surface area is 199 Å². The van der Waals surface area contributed by atoms with Crippen LogP contribution in [-0.2, 0) is 31.9 Å². The Morgan fingerprint density at radius 1 is 1.15 bits per heavy atom. The minimum atomic E-state index is -4.77. The fourth-order valence-corrected chi connectivity index (χ4v) is 4.93. The second-order valence-electron chi connectivity index (χ2n) is 8.09. The third-order valence-electron chi connectivity index (χ3n) is 5.89. The van der Waals surface area contributed by atoms with Crippen molar-refractivity contribution in [2.24, 2.45) is 0 Å². The van der Waals surface area contributed by atoms with E-state index in [1.807, 2.05) is 0 Å². The van der Waals surface area contributed by atoms with Gasteiger partial charge in [-0.15, -0.1) is 0 Å². The first-order valence-electron chi connectivity index (χ1n) is 10.1. The summed E-state index contributed by atoms with van der Waals surface area (Å²) < 4.78 is 67.7. The topological polar surface area (TPSA) is 71.3 Å². The van der Waals surface area contributed by atoms with Gasteiger partial charge in [0.15, 0.2) is 10.8 Å². The van der Waals surface area contributed by atoms with E-state index in [4.69, 9.17) is 23.0 Å². The summed E-state index contributed by atoms with van der Waals surface area (Å²) >= 11 is 5.57. The molecule has 178 valence electrons. The maximum Gasteiger partial charge on any atom is 0.407 e. The fourth-order valence-electron chi connectivity index (χ4n) is 4.11. The summed E-state index contributed by atoms with van der Waals surface area (Å²) in [5.74, 6) is -0.420. The van der Waals surface area contributed by atoms with E-state index >= 15 is 0 Å². The lowest BCUT2D eigenvalue weighted by Gasteiger charge is -2.43. The lowest BCUT2D eigenvalue weighted by atomic mass is 9.75. The Hall–Kier alpha value is -3.01. The summed E-state index contributed by atoms with van der Waals surface area (Å²) in [5.41, 5.74) is -1.62. The van der Waals surface area contributed by atoms with E-state index in [0.717, 1.165) is 29.7 Å². The molecule has 2 aromatic carbocycles. The first-order chi connectivity index (χ1) is 15.9. The van der Waals surface area contributed by atoms with Crippen LogP contribution in [0.5, 0.6) is 0 Å². The number of halogens is 3. The predicted molar refractivity (Wildman–Crippen MR) is 123 cm³/mol. The van der Waals surface area contributed by atoms with Crippen LogP contribution >= 0.6 is 12.2 Å². The van der Waals surface area contributed by atoms with Crippen LogP contribution in [0.4, 0.5) is 30.2 Å². The van der Waals surface area contributed by atoms with Crippen molar-refractivity contribution < 1.29 is 30.6 Å². The van der Waals surface area contributed by atoms with Crippen molar-refractivity contribution in [1.29, 1.82) is 0 Å². The van der Waals surface area contributed by atoms with Gasteiger partial charge in [-0.05, 0) is 61.3 Å². The van der Waals surface area contributed by atoms with Crippen LogP contribution in [0.25, 0.3) is 4.85 Å². The number of carbonyl (C=O) groups is 1. The summed E-state index contributed by atoms with van der Waals surface area (Å²) in [7, 11) is -3.62. The van der Waals surface area contributed by atoms with Gasteiger partial charge in [-0.2, -0.15) is 21.6 Å². The van der Waals surface area contributed by atoms with Gasteiger partial charge in [0, 0.05) is 11.4 Å². The smallest absolute Gasteiger partial charge is 0.303 e. The zero-order valence-electron chi connectivity index (χ0n) is 17.8. The van der Waals surface area contributed by atoms with Crippen molar-refractivity contribution in [3.63, 3.8) is 0 Å². The molecule has 34 heavy (non-hydrogen) atoms. The van der Waals surface area contributed by atoms with E-state index < -0.39 is 39.0 Å². The van der Waals surface area contributed by atoms with Crippen molar-refractivity contribution in [2.45, 2.75) is 37.6 Å². The number of thiocarbonyl (C=S) groups is 1. The monoisotopic (exact) mass is 509 g/mol. The van der Waals surface area contributed by atoms with Crippen LogP contribution in [0.15, 0.2) is 42.5 Å². The molecule has 4 rings (SSSR count). The van der Waals surface area contributed by atoms with Gasteiger partial charge < -0.3 is 4.90 Å². The summed E-state index contributed by atoms with van der Waals surface area (Å²) in [6, 6.07) is 9.69. The predicted octanol–water partition coefficient (Wildman–Crippen LogP) is 4.79. The fraction of sp³-hybridized carbons (Fsp3) is 0.318. The third kappa shape index (κ3) is 4.15. The van der Waals surface area contributed by atoms with E-state index in [0.29, 0.717) is 24.1 Å². The Balaban J connectivity index is 1.70. The molecule has 1 aliphatic heterocycles. The minimum Gasteiger partial charge on any atom is -0.303 e. The molecular formula is C22H18F3N3O4S2. The highest BCUT2D eigenvalue weighted by atomic mass is 32.2. The maximum atomic E-state index is 13.5. The molecule has 1 amide bonds. The number of nitrogens with zero attached hydrogens (tertiary/aromatic N) is 3. The molecule has 0 aromatic heterocycles. The summed E-state index contributed by atoms with van der Waals surface area (Å²) in [6.07, 6.45) is -2.11. The third-order valence-corrected chi connectivity index (χ3v) is 6.80. The Kier molecular flexibility index (Phi) is 5.91. The van der Waals surface area contributed by atoms with Gasteiger partial charge >= 0.3 is 6.18 Å². The van der Waals surface area contributed by atoms with Gasteiger partial charge in [0.05, 0.1) is 25.0 Å². The average molecular weight is 510 g/mol. The Morgan fingerprint density at radius 3 is 2.26 bits per heavy atom. The van der Waals surface area contributed by atoms with E-state index in [-0.39, 0.29) is 17.4 Å². The van der Waals surface area contributed by atoms with Gasteiger partial charge in [-0.1, -0.05) is 18.2 Å². The Bertz CT molecular complexity index is 1310. The molecule has 7 nitrogen and oxygen atoms in total. The van der Waals surface area contributed by atoms with Crippen LogP contribution < -0.4 is 9.80 Å². The quantitative estimate of drug-likeness (QED) is 0.328. The zero-order valence-corrected chi connectivity index (χ0v) is 19.4. The van der Waals surface area contributed by atoms with E-state index in [9.17, 15) is 26.4 Å². The standard InChI is InChI=1S/C22H18F3N3O4S2/c1-26-18-9-8-16(12-17(18)22(23,24)25)27-19(29)21(10-3-11-21)28(20(27)33)15-6-4-14(5-7-15)13-32-34(2,30)31/h4-9,12H,3,10-11,13H2,2H3. The van der Waals surface area contributed by atoms with Gasteiger partial charge in [0.1, 0.15) is 5.54 Å². The molecule has 0 atom stereocenters. The molecule has 1 saturated heterocycles. The molecule has 2 fully saturated rings. The summed E-state index contributed by atoms with van der Waals surface area (Å²) in [4.78, 5) is 19.1. The summed E-state index contributed by atoms with van der Waals surface area (Å²) in [5, 5.41) is 0.0357. The second-order valence-corrected chi connectivity index (χ2v) is 10.1. The van der Waals surface area contributed by atoms with Gasteiger partial charge in [0.2, 0.25) is 0 Å². The van der Waals surface area contributed by atoms with Crippen molar-refractivity contribution >= 4 is 50.4 Å². The zero-order chi connectivity index (χ0) is 24.9. The van der Waals surface area contributed by atoms with Crippen molar-refractivity contribution in [2.75, 3.05) is 16.1 Å². The van der Waals surface area contributed by atoms with Crippen molar-refractivity contribution in [3.8, 4) is 0 Å². The van der Waals surface area contributed by atoms with Crippen molar-refractivity contribution in [1.82, 2.24) is 0 Å². The first-order valence-corrected chi connectivity index (χ1v) is 12.3. The maximum absolute atomic E-state index is 13.5. The number of benzene rings is 2. The van der Waals surface area contributed by atoms with Crippen molar-refractivity contribution in [3.05, 3.63) is 65.0 Å². The van der Waals surface area contributed by atoms with Gasteiger partial charge in [-0.25, -0.2) is 4.85 Å². The lowest BCUT2D eigenvalue weighted by molar-refractivity contribution is -0.136. The van der Waals surface area contributed by atoms with E-state index in [1.54, 1.807) is 29.2 Å². The van der Waals surface area contributed by atoms with Crippen LogP contribution in [0.1, 0.15) is 30.4 Å². The normalized spacial score (nSPS) is 17.7. The number of anilines is 2. The molecule has 0 N–H and O–H groups in total. The first kappa shape index (κ1) is 24.1. The van der Waals surface area contributed by atoms with E-state index in [2.05, 4.69) is 4.85 Å². The number of amides is 1. The molecule has 0 unspecified atom stereocenters. The molecule has 2 aliphatic rings. The molecule has 1 spiro atoms. The highest BCUT2D eigenvalue weighted by Gasteiger charge is 2.59. The second kappa shape index (κ2) is 8.33. The average Bonchev–Trinajstić information content (AvgIpc) is 2.98. The lowest BCUT2D eigenvalue weighted by Crippen LogP contribution is -2.55. The highest BCUT2D eigenvalue weighted by molar-refractivity contribution is 7.85. The summed E-state index contributed by atoms with van der Waals surface area (Å²) in [6.45, 7) is 6.86. The van der Waals surface area contributed by atoms with Crippen LogP contribution in [0, 0.1) is 6.57 Å². The van der Waals surface area contributed by atoms with Gasteiger partial charge in [0.25, 0.3) is 16.0 Å². The molecule has 0 radical (unpaired) electrons. The number of carbonyl (C=O) groups excluding carboxylic acids is 1. The molecular weight excluding hydrogens is 491 g/mol. The molecule has 12 heteroatoms. The highest BCUT2D eigenvalue weighted by Crippen LogP contribution is 2.48. The van der Waals surface area contributed by atoms with Crippen LogP contribution in [0.3, 0.4) is 0 Å². The minimum absolute atomic E-state index is 0.0357. The number of alkyl halides is 3. The van der Waals surface area contributed by atoms with Crippen LogP contribution in [0.2, 0.25) is 0 Å². The number of hydrogen-bond donors (Lipinski definition) is 0. The Morgan fingerprint density at radius 2 is 1.76 bits per heavy atom. The van der Waals surface area contributed by atoms with E-state index in [1.165, 1.54) is 6.07 Å². The molecule has 1 heterocycles. The molecule has 0 bridgehead atoms. The molecule has 2 aromatic rings. The van der Waals surface area contributed by atoms with Crippen LogP contribution in [-0.4, -0.2) is 31.2 Å². The SMILES string of the molecule is [C-]#[N+]c1ccc(N2C(=O)C3(CCC3)N(c3ccc(COS(C)(=O)=O)cc3)C2=S)cc1C(F)(F)F. The number of hydrogen-bond acceptors (Lipinski definition) is 5. The molecule has 1 aliphatic carbocycles.